The van der Waals surface area contributed by atoms with Crippen molar-refractivity contribution in [3.8, 4) is 0 Å². The van der Waals surface area contributed by atoms with Crippen LogP contribution in [0.1, 0.15) is 49.2 Å². The average Bonchev–Trinajstić information content (AvgIpc) is 3.09. The molecule has 4 nitrogen and oxygen atoms in total. The zero-order chi connectivity index (χ0) is 24.0. The molecule has 0 aliphatic rings. The van der Waals surface area contributed by atoms with Gasteiger partial charge in [0.25, 0.3) is 0 Å². The van der Waals surface area contributed by atoms with Gasteiger partial charge >= 0.3 is 0 Å². The van der Waals surface area contributed by atoms with E-state index >= 15 is 0 Å². The molecule has 2 aromatic carbocycles. The van der Waals surface area contributed by atoms with Crippen LogP contribution in [-0.2, 0) is 6.54 Å². The summed E-state index contributed by atoms with van der Waals surface area (Å²) >= 11 is 0. The third-order valence-corrected chi connectivity index (χ3v) is 5.69. The Morgan fingerprint density at radius 2 is 1.61 bits per heavy atom. The molecule has 0 saturated heterocycles. The topological polar surface area (TPSA) is 45.5 Å². The number of allylic oxidation sites excluding steroid dienone is 1. The minimum absolute atomic E-state index is 0.00937. The SMILES string of the molecule is Cc1ccc(C(=O)/C=C/c2cn(C[C@@H](O)CN(CC(C)C)CC(C)C)c3ccccc23)cc1. The van der Waals surface area contributed by atoms with Gasteiger partial charge in [0.15, 0.2) is 5.78 Å². The van der Waals surface area contributed by atoms with E-state index in [-0.39, 0.29) is 5.78 Å². The molecule has 0 fully saturated rings. The number of hydrogen-bond donors (Lipinski definition) is 1. The zero-order valence-electron chi connectivity index (χ0n) is 20.7. The van der Waals surface area contributed by atoms with Crippen molar-refractivity contribution < 1.29 is 9.90 Å². The third kappa shape index (κ3) is 7.15. The smallest absolute Gasteiger partial charge is 0.185 e. The van der Waals surface area contributed by atoms with Gasteiger partial charge in [0, 0.05) is 54.4 Å². The lowest BCUT2D eigenvalue weighted by atomic mass is 10.1. The van der Waals surface area contributed by atoms with E-state index in [1.165, 1.54) is 0 Å². The molecule has 33 heavy (non-hydrogen) atoms. The molecular formula is C29H38N2O2. The van der Waals surface area contributed by atoms with Crippen LogP contribution in [0.2, 0.25) is 0 Å². The van der Waals surface area contributed by atoms with Gasteiger partial charge in [0.05, 0.1) is 6.10 Å². The highest BCUT2D eigenvalue weighted by atomic mass is 16.3. The van der Waals surface area contributed by atoms with E-state index in [0.29, 0.717) is 30.5 Å². The lowest BCUT2D eigenvalue weighted by Crippen LogP contribution is -2.39. The number of benzene rings is 2. The number of ketones is 1. The third-order valence-electron chi connectivity index (χ3n) is 5.69. The highest BCUT2D eigenvalue weighted by molar-refractivity contribution is 6.07. The Labute approximate surface area is 198 Å². The van der Waals surface area contributed by atoms with E-state index in [1.54, 1.807) is 6.08 Å². The average molecular weight is 447 g/mol. The van der Waals surface area contributed by atoms with Gasteiger partial charge in [-0.2, -0.15) is 0 Å². The summed E-state index contributed by atoms with van der Waals surface area (Å²) in [5.41, 5.74) is 3.88. The first-order valence-corrected chi connectivity index (χ1v) is 12.0. The zero-order valence-corrected chi connectivity index (χ0v) is 20.7. The Morgan fingerprint density at radius 1 is 0.970 bits per heavy atom. The molecule has 3 rings (SSSR count). The number of para-hydroxylation sites is 1. The second-order valence-corrected chi connectivity index (χ2v) is 9.98. The minimum Gasteiger partial charge on any atom is -0.390 e. The first kappa shape index (κ1) is 24.9. The highest BCUT2D eigenvalue weighted by Crippen LogP contribution is 2.23. The fourth-order valence-electron chi connectivity index (χ4n) is 4.38. The van der Waals surface area contributed by atoms with Crippen LogP contribution in [0.25, 0.3) is 17.0 Å². The van der Waals surface area contributed by atoms with Crippen molar-refractivity contribution >= 4 is 22.8 Å². The summed E-state index contributed by atoms with van der Waals surface area (Å²) in [5.74, 6) is 1.11. The number of hydrogen-bond acceptors (Lipinski definition) is 3. The molecule has 1 aromatic heterocycles. The first-order chi connectivity index (χ1) is 15.7. The van der Waals surface area contributed by atoms with Crippen molar-refractivity contribution in [2.75, 3.05) is 19.6 Å². The molecule has 0 unspecified atom stereocenters. The molecular weight excluding hydrogens is 408 g/mol. The summed E-state index contributed by atoms with van der Waals surface area (Å²) in [6.07, 6.45) is 5.10. The number of carbonyl (C=O) groups excluding carboxylic acids is 1. The fourth-order valence-corrected chi connectivity index (χ4v) is 4.38. The van der Waals surface area contributed by atoms with Crippen LogP contribution in [0.15, 0.2) is 60.8 Å². The molecule has 1 atom stereocenters. The summed E-state index contributed by atoms with van der Waals surface area (Å²) in [5, 5.41) is 12.0. The van der Waals surface area contributed by atoms with Gasteiger partial charge in [0.2, 0.25) is 0 Å². The second-order valence-electron chi connectivity index (χ2n) is 9.98. The van der Waals surface area contributed by atoms with Gasteiger partial charge in [-0.15, -0.1) is 0 Å². The van der Waals surface area contributed by atoms with Crippen molar-refractivity contribution in [3.63, 3.8) is 0 Å². The minimum atomic E-state index is -0.468. The maximum absolute atomic E-state index is 12.6. The van der Waals surface area contributed by atoms with Crippen LogP contribution >= 0.6 is 0 Å². The summed E-state index contributed by atoms with van der Waals surface area (Å²) in [6.45, 7) is 14.0. The highest BCUT2D eigenvalue weighted by Gasteiger charge is 2.16. The molecule has 0 spiro atoms. The molecule has 0 amide bonds. The number of aryl methyl sites for hydroxylation is 1. The summed E-state index contributed by atoms with van der Waals surface area (Å²) in [4.78, 5) is 15.0. The summed E-state index contributed by atoms with van der Waals surface area (Å²) in [7, 11) is 0. The van der Waals surface area contributed by atoms with Crippen LogP contribution in [0.4, 0.5) is 0 Å². The first-order valence-electron chi connectivity index (χ1n) is 12.0. The molecule has 0 radical (unpaired) electrons. The molecule has 0 aliphatic carbocycles. The van der Waals surface area contributed by atoms with Gasteiger partial charge in [0.1, 0.15) is 0 Å². The standard InChI is InChI=1S/C29H38N2O2/c1-21(2)16-30(17-22(3)4)19-26(32)20-31-18-25(27-8-6-7-9-28(27)31)14-15-29(33)24-12-10-23(5)11-13-24/h6-15,18,21-22,26,32H,16-17,19-20H2,1-5H3/b15-14+/t26-/m0/s1. The van der Waals surface area contributed by atoms with Gasteiger partial charge < -0.3 is 14.6 Å². The van der Waals surface area contributed by atoms with E-state index in [0.717, 1.165) is 35.1 Å². The molecule has 1 heterocycles. The molecule has 3 aromatic rings. The Kier molecular flexibility index (Phi) is 8.65. The predicted molar refractivity (Wildman–Crippen MR) is 139 cm³/mol. The Bertz CT molecular complexity index is 1070. The number of carbonyl (C=O) groups is 1. The number of rotatable bonds is 11. The van der Waals surface area contributed by atoms with E-state index in [4.69, 9.17) is 0 Å². The summed E-state index contributed by atoms with van der Waals surface area (Å²) < 4.78 is 2.11. The largest absolute Gasteiger partial charge is 0.390 e. The van der Waals surface area contributed by atoms with E-state index in [1.807, 2.05) is 55.6 Å². The van der Waals surface area contributed by atoms with Crippen molar-refractivity contribution in [2.45, 2.75) is 47.3 Å². The van der Waals surface area contributed by atoms with Gasteiger partial charge in [-0.1, -0.05) is 75.7 Å². The van der Waals surface area contributed by atoms with Crippen molar-refractivity contribution in [1.82, 2.24) is 9.47 Å². The predicted octanol–water partition coefficient (Wildman–Crippen LogP) is 5.82. The van der Waals surface area contributed by atoms with E-state index < -0.39 is 6.10 Å². The number of aromatic nitrogens is 1. The number of aliphatic hydroxyl groups is 1. The van der Waals surface area contributed by atoms with Crippen LogP contribution in [0.3, 0.4) is 0 Å². The molecule has 0 saturated carbocycles. The monoisotopic (exact) mass is 446 g/mol. The summed E-state index contributed by atoms with van der Waals surface area (Å²) in [6, 6.07) is 15.8. The van der Waals surface area contributed by atoms with Crippen LogP contribution in [0.5, 0.6) is 0 Å². The Morgan fingerprint density at radius 3 is 2.24 bits per heavy atom. The quantitative estimate of drug-likeness (QED) is 0.298. The van der Waals surface area contributed by atoms with Gasteiger partial charge in [-0.25, -0.2) is 0 Å². The number of fused-ring (bicyclic) bond motifs is 1. The van der Waals surface area contributed by atoms with Gasteiger partial charge in [-0.05, 0) is 37.0 Å². The van der Waals surface area contributed by atoms with Crippen molar-refractivity contribution in [1.29, 1.82) is 0 Å². The van der Waals surface area contributed by atoms with Crippen LogP contribution < -0.4 is 0 Å². The van der Waals surface area contributed by atoms with Crippen LogP contribution in [0, 0.1) is 18.8 Å². The molecule has 4 heteroatoms. The van der Waals surface area contributed by atoms with Crippen molar-refractivity contribution in [2.24, 2.45) is 11.8 Å². The lowest BCUT2D eigenvalue weighted by molar-refractivity contribution is 0.0869. The normalized spacial score (nSPS) is 13.1. The van der Waals surface area contributed by atoms with E-state index in [2.05, 4.69) is 49.3 Å². The molecule has 176 valence electrons. The maximum atomic E-state index is 12.6. The number of aliphatic hydroxyl groups excluding tert-OH is 1. The second kappa shape index (κ2) is 11.4. The van der Waals surface area contributed by atoms with E-state index in [9.17, 15) is 9.90 Å². The van der Waals surface area contributed by atoms with Gasteiger partial charge in [-0.3, -0.25) is 4.79 Å². The number of nitrogens with zero attached hydrogens (tertiary/aromatic N) is 2. The molecule has 0 aliphatic heterocycles. The Hall–Kier alpha value is -2.69. The fraction of sp³-hybridized carbons (Fsp3) is 0.414. The molecule has 1 N–H and O–H groups in total. The maximum Gasteiger partial charge on any atom is 0.185 e. The molecule has 0 bridgehead atoms. The Balaban J connectivity index is 1.77. The lowest BCUT2D eigenvalue weighted by Gasteiger charge is -2.28. The van der Waals surface area contributed by atoms with Crippen LogP contribution in [-0.4, -0.2) is 46.1 Å². The van der Waals surface area contributed by atoms with Crippen molar-refractivity contribution in [3.05, 3.63) is 77.5 Å².